The number of aromatic nitrogens is 1. The number of rotatable bonds is 7. The molecule has 1 heterocycles. The van der Waals surface area contributed by atoms with Crippen LogP contribution in [0.2, 0.25) is 0 Å². The lowest BCUT2D eigenvalue weighted by molar-refractivity contribution is 0.0957. The Morgan fingerprint density at radius 1 is 1.44 bits per heavy atom. The Bertz CT molecular complexity index is 328. The second-order valence-electron chi connectivity index (χ2n) is 3.60. The fourth-order valence-corrected chi connectivity index (χ4v) is 2.42. The van der Waals surface area contributed by atoms with Gasteiger partial charge in [0.25, 0.3) is 5.91 Å². The lowest BCUT2D eigenvalue weighted by Gasteiger charge is -2.02. The number of carbonyl (C=O) groups excluding carboxylic acids is 1. The van der Waals surface area contributed by atoms with E-state index in [1.807, 2.05) is 6.92 Å². The number of thiazole rings is 1. The summed E-state index contributed by atoms with van der Waals surface area (Å²) in [5, 5.41) is 4.91. The SMILES string of the molecule is Cc1ncc(C(=O)NCCCCCCBr)s1. The molecule has 16 heavy (non-hydrogen) atoms. The monoisotopic (exact) mass is 304 g/mol. The highest BCUT2D eigenvalue weighted by Gasteiger charge is 2.07. The van der Waals surface area contributed by atoms with Gasteiger partial charge in [0, 0.05) is 11.9 Å². The van der Waals surface area contributed by atoms with Gasteiger partial charge in [0.15, 0.2) is 0 Å². The van der Waals surface area contributed by atoms with Crippen molar-refractivity contribution in [2.24, 2.45) is 0 Å². The Hall–Kier alpha value is -0.420. The van der Waals surface area contributed by atoms with Crippen LogP contribution < -0.4 is 5.32 Å². The van der Waals surface area contributed by atoms with Crippen molar-refractivity contribution in [2.45, 2.75) is 32.6 Å². The first-order valence-electron chi connectivity index (χ1n) is 5.50. The van der Waals surface area contributed by atoms with Gasteiger partial charge in [0.1, 0.15) is 4.88 Å². The van der Waals surface area contributed by atoms with Crippen LogP contribution in [0, 0.1) is 6.92 Å². The van der Waals surface area contributed by atoms with E-state index in [2.05, 4.69) is 26.2 Å². The number of hydrogen-bond acceptors (Lipinski definition) is 3. The number of amides is 1. The average Bonchev–Trinajstić information content (AvgIpc) is 2.70. The molecule has 0 radical (unpaired) electrons. The third-order valence-electron chi connectivity index (χ3n) is 2.19. The van der Waals surface area contributed by atoms with Crippen LogP contribution in [0.15, 0.2) is 6.20 Å². The Labute approximate surface area is 109 Å². The van der Waals surface area contributed by atoms with Crippen LogP contribution in [0.5, 0.6) is 0 Å². The van der Waals surface area contributed by atoms with Gasteiger partial charge in [-0.3, -0.25) is 4.79 Å². The molecule has 0 saturated heterocycles. The molecule has 90 valence electrons. The average molecular weight is 305 g/mol. The molecular weight excluding hydrogens is 288 g/mol. The smallest absolute Gasteiger partial charge is 0.263 e. The zero-order valence-corrected chi connectivity index (χ0v) is 11.9. The molecule has 0 spiro atoms. The molecular formula is C11H17BrN2OS. The largest absolute Gasteiger partial charge is 0.351 e. The molecule has 0 bridgehead atoms. The number of nitrogens with zero attached hydrogens (tertiary/aromatic N) is 1. The van der Waals surface area contributed by atoms with Crippen LogP contribution in [-0.4, -0.2) is 22.8 Å². The number of carbonyl (C=O) groups is 1. The molecule has 0 saturated carbocycles. The summed E-state index contributed by atoms with van der Waals surface area (Å²) in [6.07, 6.45) is 6.30. The third-order valence-corrected chi connectivity index (χ3v) is 3.66. The van der Waals surface area contributed by atoms with E-state index in [-0.39, 0.29) is 5.91 Å². The van der Waals surface area contributed by atoms with Gasteiger partial charge in [-0.2, -0.15) is 0 Å². The van der Waals surface area contributed by atoms with Crippen molar-refractivity contribution in [3.05, 3.63) is 16.1 Å². The summed E-state index contributed by atoms with van der Waals surface area (Å²) in [5.41, 5.74) is 0. The van der Waals surface area contributed by atoms with Crippen LogP contribution in [0.1, 0.15) is 40.4 Å². The topological polar surface area (TPSA) is 42.0 Å². The zero-order valence-electron chi connectivity index (χ0n) is 9.46. The van der Waals surface area contributed by atoms with E-state index in [0.29, 0.717) is 4.88 Å². The molecule has 5 heteroatoms. The van der Waals surface area contributed by atoms with Gasteiger partial charge in [0.05, 0.1) is 11.2 Å². The molecule has 0 aliphatic rings. The van der Waals surface area contributed by atoms with Crippen molar-refractivity contribution in [1.29, 1.82) is 0 Å². The third kappa shape index (κ3) is 5.07. The molecule has 1 amide bonds. The van der Waals surface area contributed by atoms with Gasteiger partial charge < -0.3 is 5.32 Å². The minimum Gasteiger partial charge on any atom is -0.351 e. The van der Waals surface area contributed by atoms with Crippen LogP contribution in [0.4, 0.5) is 0 Å². The van der Waals surface area contributed by atoms with Crippen LogP contribution in [-0.2, 0) is 0 Å². The fraction of sp³-hybridized carbons (Fsp3) is 0.636. The van der Waals surface area contributed by atoms with Crippen LogP contribution in [0.3, 0.4) is 0 Å². The summed E-state index contributed by atoms with van der Waals surface area (Å²) >= 11 is 4.84. The van der Waals surface area contributed by atoms with E-state index in [0.717, 1.165) is 23.3 Å². The van der Waals surface area contributed by atoms with Gasteiger partial charge >= 0.3 is 0 Å². The van der Waals surface area contributed by atoms with E-state index in [9.17, 15) is 4.79 Å². The molecule has 3 nitrogen and oxygen atoms in total. The van der Waals surface area contributed by atoms with Crippen molar-refractivity contribution in [3.63, 3.8) is 0 Å². The minimum absolute atomic E-state index is 0.00564. The van der Waals surface area contributed by atoms with Crippen molar-refractivity contribution >= 4 is 33.2 Å². The number of unbranched alkanes of at least 4 members (excludes halogenated alkanes) is 3. The highest BCUT2D eigenvalue weighted by atomic mass is 79.9. The lowest BCUT2D eigenvalue weighted by Crippen LogP contribution is -2.23. The first-order chi connectivity index (χ1) is 7.74. The molecule has 0 aliphatic heterocycles. The van der Waals surface area contributed by atoms with Crippen molar-refractivity contribution < 1.29 is 4.79 Å². The highest BCUT2D eigenvalue weighted by molar-refractivity contribution is 9.09. The first-order valence-corrected chi connectivity index (χ1v) is 7.44. The Morgan fingerprint density at radius 2 is 2.19 bits per heavy atom. The van der Waals surface area contributed by atoms with E-state index in [1.165, 1.54) is 30.6 Å². The van der Waals surface area contributed by atoms with Crippen molar-refractivity contribution in [3.8, 4) is 0 Å². The summed E-state index contributed by atoms with van der Waals surface area (Å²) in [6, 6.07) is 0. The summed E-state index contributed by atoms with van der Waals surface area (Å²) in [7, 11) is 0. The lowest BCUT2D eigenvalue weighted by atomic mass is 10.2. The predicted molar refractivity (Wildman–Crippen MR) is 71.4 cm³/mol. The van der Waals surface area contributed by atoms with Gasteiger partial charge in [0.2, 0.25) is 0 Å². The zero-order chi connectivity index (χ0) is 11.8. The van der Waals surface area contributed by atoms with Crippen LogP contribution >= 0.6 is 27.3 Å². The van der Waals surface area contributed by atoms with Crippen molar-refractivity contribution in [1.82, 2.24) is 10.3 Å². The molecule has 0 unspecified atom stereocenters. The Kier molecular flexibility index (Phi) is 6.64. The standard InChI is InChI=1S/C11H17BrN2OS/c1-9-14-8-10(16-9)11(15)13-7-5-3-2-4-6-12/h8H,2-7H2,1H3,(H,13,15). The van der Waals surface area contributed by atoms with E-state index >= 15 is 0 Å². The first kappa shape index (κ1) is 13.6. The summed E-state index contributed by atoms with van der Waals surface area (Å²) in [5.74, 6) is 0.00564. The van der Waals surface area contributed by atoms with Gasteiger partial charge in [-0.1, -0.05) is 28.8 Å². The predicted octanol–water partition coefficient (Wildman–Crippen LogP) is 3.14. The quantitative estimate of drug-likeness (QED) is 0.621. The maximum atomic E-state index is 11.6. The molecule has 0 fully saturated rings. The van der Waals surface area contributed by atoms with Crippen molar-refractivity contribution in [2.75, 3.05) is 11.9 Å². The number of halogens is 1. The normalized spacial score (nSPS) is 10.4. The fourth-order valence-electron chi connectivity index (χ4n) is 1.33. The molecule has 1 aromatic heterocycles. The maximum absolute atomic E-state index is 11.6. The summed E-state index contributed by atoms with van der Waals surface area (Å²) in [4.78, 5) is 16.4. The number of aryl methyl sites for hydroxylation is 1. The molecule has 0 aromatic carbocycles. The highest BCUT2D eigenvalue weighted by Crippen LogP contribution is 2.10. The molecule has 0 atom stereocenters. The molecule has 1 rings (SSSR count). The van der Waals surface area contributed by atoms with E-state index < -0.39 is 0 Å². The van der Waals surface area contributed by atoms with Gasteiger partial charge in [-0.15, -0.1) is 11.3 Å². The van der Waals surface area contributed by atoms with Gasteiger partial charge in [-0.25, -0.2) is 4.98 Å². The van der Waals surface area contributed by atoms with Crippen LogP contribution in [0.25, 0.3) is 0 Å². The second kappa shape index (κ2) is 7.79. The number of nitrogens with one attached hydrogen (secondary N) is 1. The summed E-state index contributed by atoms with van der Waals surface area (Å²) < 4.78 is 0. The summed E-state index contributed by atoms with van der Waals surface area (Å²) in [6.45, 7) is 2.67. The molecule has 1 N–H and O–H groups in total. The van der Waals surface area contributed by atoms with Gasteiger partial charge in [-0.05, 0) is 19.8 Å². The number of alkyl halides is 1. The molecule has 1 aromatic rings. The maximum Gasteiger partial charge on any atom is 0.263 e. The Balaban J connectivity index is 2.11. The van der Waals surface area contributed by atoms with E-state index in [1.54, 1.807) is 6.20 Å². The minimum atomic E-state index is 0.00564. The molecule has 0 aliphatic carbocycles. The Morgan fingerprint density at radius 3 is 2.81 bits per heavy atom. The number of hydrogen-bond donors (Lipinski definition) is 1. The van der Waals surface area contributed by atoms with E-state index in [4.69, 9.17) is 0 Å². The second-order valence-corrected chi connectivity index (χ2v) is 5.63.